The Morgan fingerprint density at radius 1 is 1.21 bits per heavy atom. The number of hydrogen-bond acceptors (Lipinski definition) is 4. The van der Waals surface area contributed by atoms with E-state index in [-0.39, 0.29) is 12.5 Å². The molecule has 0 fully saturated rings. The number of rotatable bonds is 6. The van der Waals surface area contributed by atoms with Gasteiger partial charge in [-0.3, -0.25) is 4.79 Å². The monoisotopic (exact) mass is 346 g/mol. The van der Waals surface area contributed by atoms with Gasteiger partial charge >= 0.3 is 0 Å². The summed E-state index contributed by atoms with van der Waals surface area (Å²) < 4.78 is 10.6. The van der Waals surface area contributed by atoms with Crippen LogP contribution in [0.5, 0.6) is 11.5 Å². The second-order valence-electron chi connectivity index (χ2n) is 5.21. The Morgan fingerprint density at radius 2 is 2.00 bits per heavy atom. The molecule has 0 aliphatic heterocycles. The Hall–Kier alpha value is -2.53. The smallest absolute Gasteiger partial charge is 0.277 e. The molecule has 6 heteroatoms. The first-order valence-corrected chi connectivity index (χ1v) is 7.73. The maximum Gasteiger partial charge on any atom is 0.277 e. The van der Waals surface area contributed by atoms with Gasteiger partial charge in [-0.15, -0.1) is 0 Å². The summed E-state index contributed by atoms with van der Waals surface area (Å²) >= 11 is 5.93. The van der Waals surface area contributed by atoms with Crippen LogP contribution in [0, 0.1) is 13.8 Å². The van der Waals surface area contributed by atoms with Crippen LogP contribution in [0.25, 0.3) is 0 Å². The van der Waals surface area contributed by atoms with Gasteiger partial charge in [0.2, 0.25) is 0 Å². The lowest BCUT2D eigenvalue weighted by Gasteiger charge is -2.07. The molecular weight excluding hydrogens is 328 g/mol. The third-order valence-corrected chi connectivity index (χ3v) is 3.67. The van der Waals surface area contributed by atoms with E-state index in [4.69, 9.17) is 21.1 Å². The normalized spacial score (nSPS) is 10.7. The molecule has 5 nitrogen and oxygen atoms in total. The van der Waals surface area contributed by atoms with Gasteiger partial charge < -0.3 is 9.47 Å². The molecule has 2 aromatic carbocycles. The number of ether oxygens (including phenoxy) is 2. The summed E-state index contributed by atoms with van der Waals surface area (Å²) in [5.74, 6) is 0.906. The maximum atomic E-state index is 11.8. The summed E-state index contributed by atoms with van der Waals surface area (Å²) in [6.45, 7) is 3.89. The number of carbonyl (C=O) groups excluding carboxylic acids is 1. The predicted octanol–water partition coefficient (Wildman–Crippen LogP) is 3.49. The number of methoxy groups -OCH3 is 1. The van der Waals surface area contributed by atoms with Crippen LogP contribution in [0.2, 0.25) is 5.02 Å². The van der Waals surface area contributed by atoms with Gasteiger partial charge in [0.15, 0.2) is 6.61 Å². The lowest BCUT2D eigenvalue weighted by molar-refractivity contribution is -0.123. The van der Waals surface area contributed by atoms with E-state index in [1.807, 2.05) is 32.0 Å². The SMILES string of the molecule is COc1ccc(Cl)cc1/C=N\NC(=O)COc1ccc(C)c(C)c1. The summed E-state index contributed by atoms with van der Waals surface area (Å²) in [5.41, 5.74) is 5.36. The van der Waals surface area contributed by atoms with Gasteiger partial charge in [-0.1, -0.05) is 17.7 Å². The lowest BCUT2D eigenvalue weighted by Crippen LogP contribution is -2.24. The molecule has 2 aromatic rings. The summed E-state index contributed by atoms with van der Waals surface area (Å²) in [6, 6.07) is 10.8. The third-order valence-electron chi connectivity index (χ3n) is 3.43. The zero-order valence-corrected chi connectivity index (χ0v) is 14.6. The number of amides is 1. The number of aryl methyl sites for hydroxylation is 2. The van der Waals surface area contributed by atoms with Crippen LogP contribution in [0.4, 0.5) is 0 Å². The van der Waals surface area contributed by atoms with E-state index >= 15 is 0 Å². The highest BCUT2D eigenvalue weighted by Gasteiger charge is 2.04. The van der Waals surface area contributed by atoms with Gasteiger partial charge in [0.05, 0.1) is 13.3 Å². The Morgan fingerprint density at radius 3 is 2.71 bits per heavy atom. The molecule has 0 aliphatic carbocycles. The quantitative estimate of drug-likeness (QED) is 0.643. The molecular formula is C18H19ClN2O3. The highest BCUT2D eigenvalue weighted by Crippen LogP contribution is 2.20. The first kappa shape index (κ1) is 17.8. The molecule has 1 amide bonds. The second kappa shape index (κ2) is 8.36. The summed E-state index contributed by atoms with van der Waals surface area (Å²) in [6.07, 6.45) is 1.47. The predicted molar refractivity (Wildman–Crippen MR) is 95.2 cm³/mol. The van der Waals surface area contributed by atoms with E-state index in [1.165, 1.54) is 11.8 Å². The largest absolute Gasteiger partial charge is 0.496 e. The highest BCUT2D eigenvalue weighted by molar-refractivity contribution is 6.30. The number of benzene rings is 2. The zero-order valence-electron chi connectivity index (χ0n) is 13.8. The summed E-state index contributed by atoms with van der Waals surface area (Å²) in [5, 5.41) is 4.45. The Labute approximate surface area is 146 Å². The molecule has 0 aromatic heterocycles. The Kier molecular flexibility index (Phi) is 6.21. The van der Waals surface area contributed by atoms with E-state index in [0.29, 0.717) is 22.1 Å². The molecule has 0 radical (unpaired) electrons. The topological polar surface area (TPSA) is 59.9 Å². The number of halogens is 1. The highest BCUT2D eigenvalue weighted by atomic mass is 35.5. The fourth-order valence-electron chi connectivity index (χ4n) is 1.96. The molecule has 0 unspecified atom stereocenters. The first-order valence-electron chi connectivity index (χ1n) is 7.35. The Bertz CT molecular complexity index is 760. The summed E-state index contributed by atoms with van der Waals surface area (Å²) in [7, 11) is 1.55. The fourth-order valence-corrected chi connectivity index (χ4v) is 2.15. The minimum Gasteiger partial charge on any atom is -0.496 e. The molecule has 0 saturated carbocycles. The number of nitrogens with one attached hydrogen (secondary N) is 1. The molecule has 126 valence electrons. The van der Waals surface area contributed by atoms with E-state index in [1.54, 1.807) is 25.3 Å². The van der Waals surface area contributed by atoms with Crippen LogP contribution in [0.3, 0.4) is 0 Å². The van der Waals surface area contributed by atoms with Gasteiger partial charge in [-0.2, -0.15) is 5.10 Å². The van der Waals surface area contributed by atoms with Gasteiger partial charge in [-0.25, -0.2) is 5.43 Å². The van der Waals surface area contributed by atoms with Gasteiger partial charge in [0, 0.05) is 10.6 Å². The van der Waals surface area contributed by atoms with Crippen LogP contribution in [0.1, 0.15) is 16.7 Å². The number of hydrogen-bond donors (Lipinski definition) is 1. The van der Waals surface area contributed by atoms with E-state index < -0.39 is 0 Å². The van der Waals surface area contributed by atoms with Crippen molar-refractivity contribution in [1.82, 2.24) is 5.43 Å². The molecule has 0 heterocycles. The second-order valence-corrected chi connectivity index (χ2v) is 5.65. The van der Waals surface area contributed by atoms with Crippen molar-refractivity contribution in [1.29, 1.82) is 0 Å². The maximum absolute atomic E-state index is 11.8. The van der Waals surface area contributed by atoms with Crippen molar-refractivity contribution in [2.45, 2.75) is 13.8 Å². The van der Waals surface area contributed by atoms with Crippen molar-refractivity contribution < 1.29 is 14.3 Å². The fraction of sp³-hybridized carbons (Fsp3) is 0.222. The average molecular weight is 347 g/mol. The first-order chi connectivity index (χ1) is 11.5. The van der Waals surface area contributed by atoms with Crippen molar-refractivity contribution in [2.24, 2.45) is 5.10 Å². The summed E-state index contributed by atoms with van der Waals surface area (Å²) in [4.78, 5) is 11.8. The number of carbonyl (C=O) groups is 1. The van der Waals surface area contributed by atoms with Crippen LogP contribution in [-0.2, 0) is 4.79 Å². The lowest BCUT2D eigenvalue weighted by atomic mass is 10.1. The van der Waals surface area contributed by atoms with Crippen molar-refractivity contribution >= 4 is 23.7 Å². The molecule has 1 N–H and O–H groups in total. The van der Waals surface area contributed by atoms with Crippen LogP contribution >= 0.6 is 11.6 Å². The minimum absolute atomic E-state index is 0.119. The molecule has 0 atom stereocenters. The molecule has 0 spiro atoms. The number of nitrogens with zero attached hydrogens (tertiary/aromatic N) is 1. The molecule has 0 aliphatic rings. The molecule has 0 bridgehead atoms. The van der Waals surface area contributed by atoms with Crippen LogP contribution < -0.4 is 14.9 Å². The van der Waals surface area contributed by atoms with E-state index in [0.717, 1.165) is 5.56 Å². The van der Waals surface area contributed by atoms with Gasteiger partial charge in [0.25, 0.3) is 5.91 Å². The van der Waals surface area contributed by atoms with Crippen molar-refractivity contribution in [2.75, 3.05) is 13.7 Å². The number of hydrazone groups is 1. The Balaban J connectivity index is 1.89. The van der Waals surface area contributed by atoms with Crippen molar-refractivity contribution in [3.05, 3.63) is 58.1 Å². The van der Waals surface area contributed by atoms with Crippen LogP contribution in [0.15, 0.2) is 41.5 Å². The third kappa shape index (κ3) is 4.99. The van der Waals surface area contributed by atoms with Crippen molar-refractivity contribution in [3.8, 4) is 11.5 Å². The van der Waals surface area contributed by atoms with Gasteiger partial charge in [0.1, 0.15) is 11.5 Å². The molecule has 2 rings (SSSR count). The van der Waals surface area contributed by atoms with E-state index in [2.05, 4.69) is 10.5 Å². The minimum atomic E-state index is -0.356. The van der Waals surface area contributed by atoms with E-state index in [9.17, 15) is 4.79 Å². The van der Waals surface area contributed by atoms with Crippen molar-refractivity contribution in [3.63, 3.8) is 0 Å². The van der Waals surface area contributed by atoms with Crippen LogP contribution in [-0.4, -0.2) is 25.8 Å². The average Bonchev–Trinajstić information content (AvgIpc) is 2.56. The molecule has 24 heavy (non-hydrogen) atoms. The molecule has 0 saturated heterocycles. The standard InChI is InChI=1S/C18H19ClN2O3/c1-12-4-6-16(8-13(12)2)24-11-18(22)21-20-10-14-9-15(19)5-7-17(14)23-3/h4-10H,11H2,1-3H3,(H,21,22)/b20-10-. The van der Waals surface area contributed by atoms with Gasteiger partial charge in [-0.05, 0) is 55.3 Å². The zero-order chi connectivity index (χ0) is 17.5.